The minimum Gasteiger partial charge on any atom is -0.490 e. The van der Waals surface area contributed by atoms with Crippen LogP contribution in [0.2, 0.25) is 5.02 Å². The van der Waals surface area contributed by atoms with Gasteiger partial charge in [0.25, 0.3) is 5.56 Å². The molecule has 0 unspecified atom stereocenters. The Kier molecular flexibility index (Phi) is 9.92. The van der Waals surface area contributed by atoms with Gasteiger partial charge in [-0.1, -0.05) is 40.9 Å². The number of esters is 1. The lowest BCUT2D eigenvalue weighted by atomic mass is 10.2. The van der Waals surface area contributed by atoms with Crippen molar-refractivity contribution in [2.24, 2.45) is 5.10 Å². The third-order valence-corrected chi connectivity index (χ3v) is 7.16. The maximum absolute atomic E-state index is 13.3. The number of hydrogen-bond acceptors (Lipinski definition) is 7. The Morgan fingerprint density at radius 3 is 2.69 bits per heavy atom. The zero-order valence-electron chi connectivity index (χ0n) is 20.3. The van der Waals surface area contributed by atoms with E-state index in [0.29, 0.717) is 45.5 Å². The van der Waals surface area contributed by atoms with Crippen LogP contribution in [0.15, 0.2) is 43.1 Å². The molecule has 11 heteroatoms. The molecular weight excluding hydrogens is 618 g/mol. The van der Waals surface area contributed by atoms with Crippen molar-refractivity contribution >= 4 is 66.5 Å². The van der Waals surface area contributed by atoms with Gasteiger partial charge in [0.1, 0.15) is 10.8 Å². The molecule has 0 amide bonds. The number of aryl methyl sites for hydroxylation is 1. The van der Waals surface area contributed by atoms with E-state index in [2.05, 4.69) is 48.9 Å². The standard InChI is InChI=1S/C25H26Br2ClN3O5/c1-5-7-8-20-30-18-10-9-16(26)12-17(18)24(32)31(20)29-13-15-11-19(35-6-2)23(22(28)21(15)27)36-14(3)25(33)34-4/h9-14H,5-8H2,1-4H3/t14-/m1/s1. The van der Waals surface area contributed by atoms with Crippen LogP contribution in [0.1, 0.15) is 45.0 Å². The lowest BCUT2D eigenvalue weighted by Crippen LogP contribution is -2.25. The Morgan fingerprint density at radius 2 is 2.03 bits per heavy atom. The van der Waals surface area contributed by atoms with Gasteiger partial charge < -0.3 is 14.2 Å². The number of halogens is 3. The summed E-state index contributed by atoms with van der Waals surface area (Å²) in [4.78, 5) is 29.9. The number of methoxy groups -OCH3 is 1. The van der Waals surface area contributed by atoms with Gasteiger partial charge in [-0.05, 0) is 60.5 Å². The van der Waals surface area contributed by atoms with E-state index in [1.54, 1.807) is 19.1 Å². The molecule has 0 saturated carbocycles. The van der Waals surface area contributed by atoms with Gasteiger partial charge in [-0.15, -0.1) is 0 Å². The molecule has 0 bridgehead atoms. The molecule has 0 radical (unpaired) electrons. The number of hydrogen-bond donors (Lipinski definition) is 0. The predicted molar refractivity (Wildman–Crippen MR) is 148 cm³/mol. The Bertz CT molecular complexity index is 1360. The highest BCUT2D eigenvalue weighted by Crippen LogP contribution is 2.43. The molecule has 0 saturated heterocycles. The van der Waals surface area contributed by atoms with E-state index in [0.717, 1.165) is 17.3 Å². The monoisotopic (exact) mass is 641 g/mol. The van der Waals surface area contributed by atoms with Gasteiger partial charge in [0.05, 0.1) is 30.8 Å². The number of fused-ring (bicyclic) bond motifs is 1. The molecule has 0 N–H and O–H groups in total. The smallest absolute Gasteiger partial charge is 0.346 e. The van der Waals surface area contributed by atoms with Crippen LogP contribution in [-0.2, 0) is 16.0 Å². The molecular formula is C25H26Br2ClN3O5. The van der Waals surface area contributed by atoms with Crippen molar-refractivity contribution in [3.63, 3.8) is 0 Å². The van der Waals surface area contributed by atoms with E-state index in [4.69, 9.17) is 25.8 Å². The maximum atomic E-state index is 13.3. The Labute approximate surface area is 230 Å². The lowest BCUT2D eigenvalue weighted by Gasteiger charge is -2.19. The summed E-state index contributed by atoms with van der Waals surface area (Å²) in [5, 5.41) is 5.13. The summed E-state index contributed by atoms with van der Waals surface area (Å²) in [6, 6.07) is 7.06. The van der Waals surface area contributed by atoms with Gasteiger partial charge in [-0.25, -0.2) is 9.78 Å². The van der Waals surface area contributed by atoms with Crippen molar-refractivity contribution in [1.29, 1.82) is 0 Å². The van der Waals surface area contributed by atoms with Crippen LogP contribution in [0, 0.1) is 0 Å². The summed E-state index contributed by atoms with van der Waals surface area (Å²) in [5.41, 5.74) is 0.886. The molecule has 0 fully saturated rings. The second-order valence-corrected chi connectivity index (χ2v) is 9.88. The first-order chi connectivity index (χ1) is 17.2. The molecule has 3 aromatic rings. The van der Waals surface area contributed by atoms with Gasteiger partial charge >= 0.3 is 5.97 Å². The number of nitrogens with zero attached hydrogens (tertiary/aromatic N) is 3. The van der Waals surface area contributed by atoms with Crippen LogP contribution >= 0.6 is 43.5 Å². The fraction of sp³-hybridized carbons (Fsp3) is 0.360. The number of carbonyl (C=O) groups excluding carboxylic acids is 1. The molecule has 0 spiro atoms. The molecule has 3 rings (SSSR count). The van der Waals surface area contributed by atoms with Crippen LogP contribution < -0.4 is 15.0 Å². The normalized spacial score (nSPS) is 12.2. The summed E-state index contributed by atoms with van der Waals surface area (Å²) < 4.78 is 18.8. The Hall–Kier alpha value is -2.43. The fourth-order valence-corrected chi connectivity index (χ4v) is 4.40. The van der Waals surface area contributed by atoms with E-state index >= 15 is 0 Å². The molecule has 8 nitrogen and oxygen atoms in total. The first-order valence-electron chi connectivity index (χ1n) is 11.4. The minimum atomic E-state index is -0.902. The van der Waals surface area contributed by atoms with Crippen molar-refractivity contribution in [3.05, 3.63) is 60.0 Å². The first kappa shape index (κ1) is 28.1. The van der Waals surface area contributed by atoms with Gasteiger partial charge in [0.15, 0.2) is 17.6 Å². The fourth-order valence-electron chi connectivity index (χ4n) is 3.39. The molecule has 0 aliphatic heterocycles. The zero-order valence-corrected chi connectivity index (χ0v) is 24.2. The molecule has 36 heavy (non-hydrogen) atoms. The highest BCUT2D eigenvalue weighted by atomic mass is 79.9. The van der Waals surface area contributed by atoms with E-state index in [-0.39, 0.29) is 16.3 Å². The molecule has 192 valence electrons. The summed E-state index contributed by atoms with van der Waals surface area (Å²) in [6.07, 6.45) is 3.01. The quantitative estimate of drug-likeness (QED) is 0.195. The van der Waals surface area contributed by atoms with Crippen LogP contribution in [-0.4, -0.2) is 41.7 Å². The second kappa shape index (κ2) is 12.7. The van der Waals surface area contributed by atoms with Crippen molar-refractivity contribution in [3.8, 4) is 11.5 Å². The molecule has 1 heterocycles. The van der Waals surface area contributed by atoms with Gasteiger partial charge in [0, 0.05) is 20.9 Å². The SMILES string of the molecule is CCCCc1nc2ccc(Br)cc2c(=O)n1N=Cc1cc(OCC)c(O[C@H](C)C(=O)OC)c(Cl)c1Br. The molecule has 2 aromatic carbocycles. The summed E-state index contributed by atoms with van der Waals surface area (Å²) >= 11 is 13.5. The minimum absolute atomic E-state index is 0.192. The van der Waals surface area contributed by atoms with Crippen molar-refractivity contribution < 1.29 is 19.0 Å². The molecule has 0 aliphatic carbocycles. The first-order valence-corrected chi connectivity index (χ1v) is 13.3. The second-order valence-electron chi connectivity index (χ2n) is 7.79. The zero-order chi connectivity index (χ0) is 26.4. The van der Waals surface area contributed by atoms with Crippen molar-refractivity contribution in [2.45, 2.75) is 46.1 Å². The van der Waals surface area contributed by atoms with Crippen LogP contribution in [0.4, 0.5) is 0 Å². The number of benzene rings is 2. The van der Waals surface area contributed by atoms with Gasteiger partial charge in [0.2, 0.25) is 0 Å². The number of aromatic nitrogens is 2. The topological polar surface area (TPSA) is 92.0 Å². The number of carbonyl (C=O) groups is 1. The predicted octanol–water partition coefficient (Wildman–Crippen LogP) is 6.14. The average molecular weight is 644 g/mol. The number of ether oxygens (including phenoxy) is 3. The van der Waals surface area contributed by atoms with Crippen molar-refractivity contribution in [1.82, 2.24) is 9.66 Å². The number of unbranched alkanes of at least 4 members (excludes halogenated alkanes) is 1. The summed E-state index contributed by atoms with van der Waals surface area (Å²) in [7, 11) is 1.28. The largest absolute Gasteiger partial charge is 0.490 e. The highest BCUT2D eigenvalue weighted by Gasteiger charge is 2.23. The van der Waals surface area contributed by atoms with Crippen LogP contribution in [0.25, 0.3) is 10.9 Å². The van der Waals surface area contributed by atoms with Crippen molar-refractivity contribution in [2.75, 3.05) is 13.7 Å². The van der Waals surface area contributed by atoms with Gasteiger partial charge in [-0.2, -0.15) is 9.78 Å². The van der Waals surface area contributed by atoms with E-state index in [1.807, 2.05) is 19.1 Å². The lowest BCUT2D eigenvalue weighted by molar-refractivity contribution is -0.147. The maximum Gasteiger partial charge on any atom is 0.346 e. The summed E-state index contributed by atoms with van der Waals surface area (Å²) in [5.74, 6) is 0.525. The Balaban J connectivity index is 2.11. The molecule has 1 aromatic heterocycles. The number of rotatable bonds is 10. The average Bonchev–Trinajstić information content (AvgIpc) is 2.87. The van der Waals surface area contributed by atoms with E-state index in [9.17, 15) is 9.59 Å². The molecule has 0 aliphatic rings. The van der Waals surface area contributed by atoms with Gasteiger partial charge in [-0.3, -0.25) is 4.79 Å². The van der Waals surface area contributed by atoms with Crippen LogP contribution in [0.3, 0.4) is 0 Å². The van der Waals surface area contributed by atoms with Crippen LogP contribution in [0.5, 0.6) is 11.5 Å². The third-order valence-electron chi connectivity index (χ3n) is 5.23. The third kappa shape index (κ3) is 6.27. The van der Waals surface area contributed by atoms with E-state index < -0.39 is 12.1 Å². The molecule has 1 atom stereocenters. The highest BCUT2D eigenvalue weighted by molar-refractivity contribution is 9.10. The summed E-state index contributed by atoms with van der Waals surface area (Å²) in [6.45, 7) is 5.77. The Morgan fingerprint density at radius 1 is 1.28 bits per heavy atom. The van der Waals surface area contributed by atoms with E-state index in [1.165, 1.54) is 18.0 Å².